The van der Waals surface area contributed by atoms with Gasteiger partial charge in [0.15, 0.2) is 0 Å². The SMILES string of the molecule is Cc1nccn1-c1ccc(CNC(=O)C2CCNCC2)cc1F. The maximum atomic E-state index is 14.3. The molecule has 0 aliphatic carbocycles. The molecular weight excluding hydrogens is 295 g/mol. The van der Waals surface area contributed by atoms with E-state index in [-0.39, 0.29) is 17.6 Å². The molecule has 0 saturated carbocycles. The van der Waals surface area contributed by atoms with Gasteiger partial charge < -0.3 is 15.2 Å². The van der Waals surface area contributed by atoms with Crippen molar-refractivity contribution in [3.05, 3.63) is 47.8 Å². The fourth-order valence-electron chi connectivity index (χ4n) is 2.91. The van der Waals surface area contributed by atoms with Crippen LogP contribution in [0.5, 0.6) is 0 Å². The summed E-state index contributed by atoms with van der Waals surface area (Å²) >= 11 is 0. The van der Waals surface area contributed by atoms with Crippen LogP contribution >= 0.6 is 0 Å². The number of amides is 1. The Bertz CT molecular complexity index is 692. The number of carbonyl (C=O) groups excluding carboxylic acids is 1. The predicted octanol–water partition coefficient (Wildman–Crippen LogP) is 1.94. The minimum atomic E-state index is -0.320. The maximum absolute atomic E-state index is 14.3. The summed E-state index contributed by atoms with van der Waals surface area (Å²) < 4.78 is 16.0. The van der Waals surface area contributed by atoms with E-state index in [0.29, 0.717) is 12.2 Å². The largest absolute Gasteiger partial charge is 0.352 e. The van der Waals surface area contributed by atoms with Crippen LogP contribution in [-0.2, 0) is 11.3 Å². The Hall–Kier alpha value is -2.21. The van der Waals surface area contributed by atoms with Crippen molar-refractivity contribution in [2.24, 2.45) is 5.92 Å². The van der Waals surface area contributed by atoms with Crippen molar-refractivity contribution in [3.63, 3.8) is 0 Å². The van der Waals surface area contributed by atoms with Gasteiger partial charge >= 0.3 is 0 Å². The van der Waals surface area contributed by atoms with Gasteiger partial charge in [-0.3, -0.25) is 4.79 Å². The Kier molecular flexibility index (Phi) is 4.71. The number of hydrogen-bond acceptors (Lipinski definition) is 3. The second-order valence-electron chi connectivity index (χ2n) is 5.87. The van der Waals surface area contributed by atoms with Gasteiger partial charge in [0.05, 0.1) is 5.69 Å². The normalized spacial score (nSPS) is 15.6. The van der Waals surface area contributed by atoms with Crippen LogP contribution in [0.25, 0.3) is 5.69 Å². The topological polar surface area (TPSA) is 59.0 Å². The number of carbonyl (C=O) groups is 1. The van der Waals surface area contributed by atoms with Crippen molar-refractivity contribution in [2.45, 2.75) is 26.3 Å². The van der Waals surface area contributed by atoms with Crippen molar-refractivity contribution in [3.8, 4) is 5.69 Å². The van der Waals surface area contributed by atoms with E-state index >= 15 is 0 Å². The summed E-state index contributed by atoms with van der Waals surface area (Å²) in [5, 5.41) is 6.15. The monoisotopic (exact) mass is 316 g/mol. The van der Waals surface area contributed by atoms with Gasteiger partial charge in [-0.15, -0.1) is 0 Å². The van der Waals surface area contributed by atoms with Gasteiger partial charge in [0.2, 0.25) is 5.91 Å². The number of imidazole rings is 1. The van der Waals surface area contributed by atoms with Crippen LogP contribution in [0.2, 0.25) is 0 Å². The van der Waals surface area contributed by atoms with Gasteiger partial charge in [-0.2, -0.15) is 0 Å². The van der Waals surface area contributed by atoms with E-state index in [9.17, 15) is 9.18 Å². The Morgan fingerprint density at radius 2 is 2.22 bits per heavy atom. The molecule has 3 rings (SSSR count). The van der Waals surface area contributed by atoms with Crippen LogP contribution in [0, 0.1) is 18.7 Å². The number of nitrogens with zero attached hydrogens (tertiary/aromatic N) is 2. The molecule has 2 heterocycles. The first kappa shape index (κ1) is 15.7. The van der Waals surface area contributed by atoms with Crippen molar-refractivity contribution in [2.75, 3.05) is 13.1 Å². The highest BCUT2D eigenvalue weighted by Gasteiger charge is 2.20. The van der Waals surface area contributed by atoms with Crippen LogP contribution in [0.4, 0.5) is 4.39 Å². The Morgan fingerprint density at radius 1 is 1.43 bits per heavy atom. The van der Waals surface area contributed by atoms with Crippen LogP contribution in [-0.4, -0.2) is 28.5 Å². The molecule has 2 N–H and O–H groups in total. The molecule has 0 radical (unpaired) electrons. The van der Waals surface area contributed by atoms with E-state index in [1.54, 1.807) is 23.0 Å². The van der Waals surface area contributed by atoms with Gasteiger partial charge in [-0.05, 0) is 50.6 Å². The highest BCUT2D eigenvalue weighted by atomic mass is 19.1. The molecule has 1 saturated heterocycles. The molecule has 23 heavy (non-hydrogen) atoms. The highest BCUT2D eigenvalue weighted by molar-refractivity contribution is 5.78. The molecule has 122 valence electrons. The molecule has 0 spiro atoms. The van der Waals surface area contributed by atoms with Crippen molar-refractivity contribution in [1.82, 2.24) is 20.2 Å². The lowest BCUT2D eigenvalue weighted by atomic mass is 9.97. The number of hydrogen-bond donors (Lipinski definition) is 2. The second-order valence-corrected chi connectivity index (χ2v) is 5.87. The van der Waals surface area contributed by atoms with E-state index in [1.165, 1.54) is 6.07 Å². The van der Waals surface area contributed by atoms with Gasteiger partial charge in [-0.1, -0.05) is 6.07 Å². The second kappa shape index (κ2) is 6.91. The number of rotatable bonds is 4. The third-order valence-corrected chi connectivity index (χ3v) is 4.27. The van der Waals surface area contributed by atoms with Crippen molar-refractivity contribution in [1.29, 1.82) is 0 Å². The molecule has 1 aliphatic heterocycles. The molecule has 5 nitrogen and oxygen atoms in total. The van der Waals surface area contributed by atoms with Gasteiger partial charge in [0.25, 0.3) is 0 Å². The van der Waals surface area contributed by atoms with Crippen molar-refractivity contribution < 1.29 is 9.18 Å². The molecule has 0 bridgehead atoms. The first-order chi connectivity index (χ1) is 11.1. The fourth-order valence-corrected chi connectivity index (χ4v) is 2.91. The molecule has 1 aromatic carbocycles. The average Bonchev–Trinajstić information content (AvgIpc) is 2.99. The highest BCUT2D eigenvalue weighted by Crippen LogP contribution is 2.17. The summed E-state index contributed by atoms with van der Waals surface area (Å²) in [4.78, 5) is 16.2. The molecular formula is C17H21FN4O. The average molecular weight is 316 g/mol. The lowest BCUT2D eigenvalue weighted by molar-refractivity contribution is -0.125. The lowest BCUT2D eigenvalue weighted by Crippen LogP contribution is -2.37. The summed E-state index contributed by atoms with van der Waals surface area (Å²) in [6, 6.07) is 5.02. The first-order valence-corrected chi connectivity index (χ1v) is 7.92. The molecule has 1 aromatic heterocycles. The zero-order valence-electron chi connectivity index (χ0n) is 13.2. The quantitative estimate of drug-likeness (QED) is 0.906. The summed E-state index contributed by atoms with van der Waals surface area (Å²) in [5.74, 6) is 0.533. The summed E-state index contributed by atoms with van der Waals surface area (Å²) in [6.45, 7) is 3.94. The van der Waals surface area contributed by atoms with E-state index in [4.69, 9.17) is 0 Å². The third-order valence-electron chi connectivity index (χ3n) is 4.27. The number of nitrogens with one attached hydrogen (secondary N) is 2. The zero-order valence-corrected chi connectivity index (χ0v) is 13.2. The van der Waals surface area contributed by atoms with Crippen LogP contribution in [0.15, 0.2) is 30.6 Å². The smallest absolute Gasteiger partial charge is 0.223 e. The Labute approximate surface area is 134 Å². The van der Waals surface area contributed by atoms with E-state index in [2.05, 4.69) is 15.6 Å². The van der Waals surface area contributed by atoms with Crippen LogP contribution < -0.4 is 10.6 Å². The fraction of sp³-hybridized carbons (Fsp3) is 0.412. The number of aryl methyl sites for hydroxylation is 1. The molecule has 6 heteroatoms. The van der Waals surface area contributed by atoms with Gasteiger partial charge in [0.1, 0.15) is 11.6 Å². The van der Waals surface area contributed by atoms with E-state index in [1.807, 2.05) is 13.0 Å². The molecule has 0 unspecified atom stereocenters. The zero-order chi connectivity index (χ0) is 16.2. The standard InChI is InChI=1S/C17H21FN4O/c1-12-20-8-9-22(12)16-3-2-13(10-15(16)18)11-21-17(23)14-4-6-19-7-5-14/h2-3,8-10,14,19H,4-7,11H2,1H3,(H,21,23). The molecule has 1 amide bonds. The Balaban J connectivity index is 1.64. The lowest BCUT2D eigenvalue weighted by Gasteiger charge is -2.21. The number of piperidine rings is 1. The van der Waals surface area contributed by atoms with Crippen LogP contribution in [0.3, 0.4) is 0 Å². The van der Waals surface area contributed by atoms with E-state index < -0.39 is 0 Å². The summed E-state index contributed by atoms with van der Waals surface area (Å²) in [6.07, 6.45) is 5.09. The Morgan fingerprint density at radius 3 is 2.87 bits per heavy atom. The number of halogens is 1. The minimum Gasteiger partial charge on any atom is -0.352 e. The van der Waals surface area contributed by atoms with E-state index in [0.717, 1.165) is 37.3 Å². The number of benzene rings is 1. The van der Waals surface area contributed by atoms with Crippen molar-refractivity contribution >= 4 is 5.91 Å². The maximum Gasteiger partial charge on any atom is 0.223 e. The molecule has 2 aromatic rings. The first-order valence-electron chi connectivity index (χ1n) is 7.92. The molecule has 1 aliphatic rings. The predicted molar refractivity (Wildman–Crippen MR) is 85.7 cm³/mol. The van der Waals surface area contributed by atoms with Gasteiger partial charge in [-0.25, -0.2) is 9.37 Å². The molecule has 1 fully saturated rings. The summed E-state index contributed by atoms with van der Waals surface area (Å²) in [7, 11) is 0. The number of aromatic nitrogens is 2. The minimum absolute atomic E-state index is 0.0569. The van der Waals surface area contributed by atoms with Crippen LogP contribution in [0.1, 0.15) is 24.2 Å². The summed E-state index contributed by atoms with van der Waals surface area (Å²) in [5.41, 5.74) is 1.22. The molecule has 0 atom stereocenters. The third kappa shape index (κ3) is 3.59. The van der Waals surface area contributed by atoms with Gasteiger partial charge in [0, 0.05) is 24.9 Å².